The van der Waals surface area contributed by atoms with Crippen molar-refractivity contribution in [1.29, 1.82) is 0 Å². The van der Waals surface area contributed by atoms with E-state index in [2.05, 4.69) is 5.32 Å². The van der Waals surface area contributed by atoms with Crippen molar-refractivity contribution in [2.75, 3.05) is 13.2 Å². The summed E-state index contributed by atoms with van der Waals surface area (Å²) in [6.45, 7) is 1.31. The summed E-state index contributed by atoms with van der Waals surface area (Å²) in [4.78, 5) is 0. The third kappa shape index (κ3) is 3.67. The Bertz CT molecular complexity index is 222. The summed E-state index contributed by atoms with van der Waals surface area (Å²) >= 11 is 0. The minimum absolute atomic E-state index is 0.153. The van der Waals surface area contributed by atoms with Crippen molar-refractivity contribution < 1.29 is 10.2 Å². The molecule has 0 spiro atoms. The third-order valence-electron chi connectivity index (χ3n) is 4.67. The first-order valence-electron chi connectivity index (χ1n) is 7.33. The molecule has 0 bridgehead atoms. The molecule has 100 valence electrons. The molecule has 2 rings (SSSR count). The van der Waals surface area contributed by atoms with Crippen molar-refractivity contribution in [1.82, 2.24) is 5.32 Å². The highest BCUT2D eigenvalue weighted by Gasteiger charge is 2.27. The van der Waals surface area contributed by atoms with E-state index in [1.54, 1.807) is 0 Å². The predicted molar refractivity (Wildman–Crippen MR) is 68.8 cm³/mol. The third-order valence-corrected chi connectivity index (χ3v) is 4.67. The highest BCUT2D eigenvalue weighted by Crippen LogP contribution is 2.29. The fourth-order valence-corrected chi connectivity index (χ4v) is 3.45. The lowest BCUT2D eigenvalue weighted by Gasteiger charge is -2.34. The molecule has 3 N–H and O–H groups in total. The van der Waals surface area contributed by atoms with Gasteiger partial charge in [-0.05, 0) is 44.1 Å². The van der Waals surface area contributed by atoms with Gasteiger partial charge in [0.05, 0.1) is 6.10 Å². The van der Waals surface area contributed by atoms with Gasteiger partial charge in [0.25, 0.3) is 0 Å². The molecule has 0 saturated heterocycles. The fourth-order valence-electron chi connectivity index (χ4n) is 3.45. The van der Waals surface area contributed by atoms with Crippen LogP contribution < -0.4 is 5.32 Å². The molecule has 2 fully saturated rings. The Kier molecular flexibility index (Phi) is 5.26. The fraction of sp³-hybridized carbons (Fsp3) is 1.00. The van der Waals surface area contributed by atoms with Crippen LogP contribution in [-0.2, 0) is 0 Å². The van der Waals surface area contributed by atoms with Gasteiger partial charge in [-0.15, -0.1) is 0 Å². The van der Waals surface area contributed by atoms with Gasteiger partial charge >= 0.3 is 0 Å². The molecule has 4 unspecified atom stereocenters. The summed E-state index contributed by atoms with van der Waals surface area (Å²) in [5.41, 5.74) is 0. The maximum absolute atomic E-state index is 9.91. The van der Waals surface area contributed by atoms with Gasteiger partial charge in [0.1, 0.15) is 0 Å². The summed E-state index contributed by atoms with van der Waals surface area (Å²) in [7, 11) is 0. The minimum atomic E-state index is -0.153. The van der Waals surface area contributed by atoms with E-state index in [1.165, 1.54) is 38.5 Å². The molecule has 0 heterocycles. The lowest BCUT2D eigenvalue weighted by Crippen LogP contribution is -2.45. The van der Waals surface area contributed by atoms with Crippen LogP contribution in [0.15, 0.2) is 0 Å². The average Bonchev–Trinajstić information content (AvgIpc) is 2.38. The maximum Gasteiger partial charge on any atom is 0.0693 e. The van der Waals surface area contributed by atoms with Crippen LogP contribution in [0.25, 0.3) is 0 Å². The number of hydrogen-bond acceptors (Lipinski definition) is 3. The molecular weight excluding hydrogens is 214 g/mol. The monoisotopic (exact) mass is 241 g/mol. The number of aliphatic hydroxyl groups is 2. The minimum Gasteiger partial charge on any atom is -0.396 e. The van der Waals surface area contributed by atoms with E-state index in [4.69, 9.17) is 0 Å². The van der Waals surface area contributed by atoms with E-state index in [9.17, 15) is 10.2 Å². The van der Waals surface area contributed by atoms with Crippen molar-refractivity contribution in [2.45, 2.75) is 63.5 Å². The van der Waals surface area contributed by atoms with E-state index in [-0.39, 0.29) is 6.10 Å². The van der Waals surface area contributed by atoms with E-state index in [0.717, 1.165) is 19.4 Å². The van der Waals surface area contributed by atoms with Crippen LogP contribution in [0.2, 0.25) is 0 Å². The standard InChI is InChI=1S/C14H27NO2/c16-10-12-6-2-1-5-11(12)9-15-13-7-3-4-8-14(13)17/h11-17H,1-10H2. The number of nitrogens with one attached hydrogen (secondary N) is 1. The zero-order chi connectivity index (χ0) is 12.1. The summed E-state index contributed by atoms with van der Waals surface area (Å²) in [5.74, 6) is 1.10. The van der Waals surface area contributed by atoms with Crippen molar-refractivity contribution in [3.63, 3.8) is 0 Å². The maximum atomic E-state index is 9.91. The molecule has 2 aliphatic carbocycles. The van der Waals surface area contributed by atoms with Crippen LogP contribution in [0.3, 0.4) is 0 Å². The van der Waals surface area contributed by atoms with Crippen molar-refractivity contribution >= 4 is 0 Å². The highest BCUT2D eigenvalue weighted by molar-refractivity contribution is 4.83. The van der Waals surface area contributed by atoms with Gasteiger partial charge in [-0.25, -0.2) is 0 Å². The van der Waals surface area contributed by atoms with Gasteiger partial charge in [0.15, 0.2) is 0 Å². The number of hydrogen-bond donors (Lipinski definition) is 3. The number of rotatable bonds is 4. The lowest BCUT2D eigenvalue weighted by atomic mass is 9.79. The van der Waals surface area contributed by atoms with E-state index in [0.29, 0.717) is 24.5 Å². The molecule has 17 heavy (non-hydrogen) atoms. The summed E-state index contributed by atoms with van der Waals surface area (Å²) in [5, 5.41) is 22.8. The first-order chi connectivity index (χ1) is 8.31. The Hall–Kier alpha value is -0.120. The van der Waals surface area contributed by atoms with Crippen molar-refractivity contribution in [3.8, 4) is 0 Å². The second-order valence-electron chi connectivity index (χ2n) is 5.85. The average molecular weight is 241 g/mol. The second kappa shape index (κ2) is 6.72. The van der Waals surface area contributed by atoms with Crippen LogP contribution in [0, 0.1) is 11.8 Å². The van der Waals surface area contributed by atoms with Crippen LogP contribution in [0.1, 0.15) is 51.4 Å². The smallest absolute Gasteiger partial charge is 0.0693 e. The summed E-state index contributed by atoms with van der Waals surface area (Å²) < 4.78 is 0. The molecule has 2 saturated carbocycles. The lowest BCUT2D eigenvalue weighted by molar-refractivity contribution is 0.0786. The van der Waals surface area contributed by atoms with Gasteiger partial charge in [0, 0.05) is 12.6 Å². The Balaban J connectivity index is 1.75. The number of aliphatic hydroxyl groups excluding tert-OH is 2. The molecule has 0 radical (unpaired) electrons. The molecular formula is C14H27NO2. The van der Waals surface area contributed by atoms with Gasteiger partial charge < -0.3 is 15.5 Å². The molecule has 0 amide bonds. The Labute approximate surface area is 105 Å². The van der Waals surface area contributed by atoms with Crippen LogP contribution >= 0.6 is 0 Å². The topological polar surface area (TPSA) is 52.5 Å². The van der Waals surface area contributed by atoms with Crippen LogP contribution in [-0.4, -0.2) is 35.5 Å². The first-order valence-corrected chi connectivity index (χ1v) is 7.33. The van der Waals surface area contributed by atoms with E-state index in [1.807, 2.05) is 0 Å². The summed E-state index contributed by atoms with van der Waals surface area (Å²) in [6.07, 6.45) is 9.30. The van der Waals surface area contributed by atoms with Crippen molar-refractivity contribution in [2.24, 2.45) is 11.8 Å². The van der Waals surface area contributed by atoms with E-state index < -0.39 is 0 Å². The normalized spacial score (nSPS) is 39.2. The molecule has 0 aliphatic heterocycles. The van der Waals surface area contributed by atoms with Crippen LogP contribution in [0.4, 0.5) is 0 Å². The molecule has 3 nitrogen and oxygen atoms in total. The van der Waals surface area contributed by atoms with Gasteiger partial charge in [-0.1, -0.05) is 25.7 Å². The predicted octanol–water partition coefficient (Wildman–Crippen LogP) is 1.68. The SMILES string of the molecule is OCC1CCCCC1CNC1CCCCC1O. The van der Waals surface area contributed by atoms with Gasteiger partial charge in [-0.3, -0.25) is 0 Å². The Morgan fingerprint density at radius 2 is 1.53 bits per heavy atom. The van der Waals surface area contributed by atoms with Crippen LogP contribution in [0.5, 0.6) is 0 Å². The molecule has 2 aliphatic rings. The second-order valence-corrected chi connectivity index (χ2v) is 5.85. The molecule has 0 aromatic rings. The van der Waals surface area contributed by atoms with Crippen molar-refractivity contribution in [3.05, 3.63) is 0 Å². The zero-order valence-corrected chi connectivity index (χ0v) is 10.8. The molecule has 4 atom stereocenters. The van der Waals surface area contributed by atoms with E-state index >= 15 is 0 Å². The molecule has 0 aromatic carbocycles. The van der Waals surface area contributed by atoms with Gasteiger partial charge in [-0.2, -0.15) is 0 Å². The highest BCUT2D eigenvalue weighted by atomic mass is 16.3. The quantitative estimate of drug-likeness (QED) is 0.702. The first kappa shape index (κ1) is 13.3. The molecule has 3 heteroatoms. The van der Waals surface area contributed by atoms with Gasteiger partial charge in [0.2, 0.25) is 0 Å². The zero-order valence-electron chi connectivity index (χ0n) is 10.8. The molecule has 0 aromatic heterocycles. The Morgan fingerprint density at radius 1 is 0.882 bits per heavy atom. The largest absolute Gasteiger partial charge is 0.396 e. The Morgan fingerprint density at radius 3 is 2.24 bits per heavy atom. The summed E-state index contributed by atoms with van der Waals surface area (Å²) in [6, 6.07) is 0.296.